The van der Waals surface area contributed by atoms with Crippen LogP contribution in [0.2, 0.25) is 5.02 Å². The molecule has 2 aliphatic rings. The van der Waals surface area contributed by atoms with Gasteiger partial charge in [-0.15, -0.1) is 0 Å². The molecular weight excluding hydrogens is 517 g/mol. The van der Waals surface area contributed by atoms with E-state index in [1.165, 1.54) is 17.6 Å². The number of rotatable bonds is 5. The summed E-state index contributed by atoms with van der Waals surface area (Å²) in [6.07, 6.45) is 1.76. The number of hydrogen-bond acceptors (Lipinski definition) is 6. The zero-order valence-electron chi connectivity index (χ0n) is 19.1. The van der Waals surface area contributed by atoms with Crippen molar-refractivity contribution in [2.75, 3.05) is 18.0 Å². The summed E-state index contributed by atoms with van der Waals surface area (Å²) in [5.74, 6) is -3.42. The molecule has 1 aromatic carbocycles. The summed E-state index contributed by atoms with van der Waals surface area (Å²) in [5, 5.41) is 16.4. The zero-order chi connectivity index (χ0) is 27.2. The Balaban J connectivity index is 0.000000479. The number of fused-ring (bicyclic) bond motifs is 2. The highest BCUT2D eigenvalue weighted by molar-refractivity contribution is 6.30. The molecule has 3 heterocycles. The van der Waals surface area contributed by atoms with E-state index < -0.39 is 18.1 Å². The van der Waals surface area contributed by atoms with Crippen LogP contribution in [0.5, 0.6) is 0 Å². The van der Waals surface area contributed by atoms with Gasteiger partial charge in [-0.2, -0.15) is 13.2 Å². The number of piperazine rings is 1. The third kappa shape index (κ3) is 7.54. The van der Waals surface area contributed by atoms with Gasteiger partial charge in [-0.25, -0.2) is 15.3 Å². The standard InChI is InChI=1S/C22H21ClN4O3.C2HF3O2/c23-15-4-8-18(9-5-15)26-13-20-12-19(26)14-27(20)22(29)11-7-17-3-1-2-16(24-17)6-10-21(28)25-30;3-2(4,5)1(6)7/h1-11,19-20,30H,12-14H2,(H,25,28);(H,6,7)/b10-6+,11-7+;/t19-,20-;/m0./s1. The lowest BCUT2D eigenvalue weighted by molar-refractivity contribution is -0.192. The molecule has 13 heteroatoms. The summed E-state index contributed by atoms with van der Waals surface area (Å²) in [7, 11) is 0. The molecule has 1 aromatic heterocycles. The third-order valence-corrected chi connectivity index (χ3v) is 5.88. The monoisotopic (exact) mass is 538 g/mol. The highest BCUT2D eigenvalue weighted by Crippen LogP contribution is 2.35. The third-order valence-electron chi connectivity index (χ3n) is 5.63. The molecule has 2 saturated heterocycles. The number of likely N-dealkylation sites (tertiary alicyclic amines) is 1. The number of nitrogens with zero attached hydrogens (tertiary/aromatic N) is 3. The van der Waals surface area contributed by atoms with Gasteiger partial charge in [-0.1, -0.05) is 17.7 Å². The smallest absolute Gasteiger partial charge is 0.475 e. The number of hydrogen-bond donors (Lipinski definition) is 3. The summed E-state index contributed by atoms with van der Waals surface area (Å²) in [5.41, 5.74) is 3.82. The lowest BCUT2D eigenvalue weighted by Crippen LogP contribution is -2.48. The minimum Gasteiger partial charge on any atom is -0.475 e. The van der Waals surface area contributed by atoms with Gasteiger partial charge in [0.25, 0.3) is 5.91 Å². The number of anilines is 1. The van der Waals surface area contributed by atoms with Crippen LogP contribution in [-0.2, 0) is 14.4 Å². The van der Waals surface area contributed by atoms with E-state index in [1.807, 2.05) is 29.2 Å². The van der Waals surface area contributed by atoms with Crippen molar-refractivity contribution in [3.8, 4) is 0 Å². The van der Waals surface area contributed by atoms with Gasteiger partial charge >= 0.3 is 12.1 Å². The first-order valence-corrected chi connectivity index (χ1v) is 11.3. The van der Waals surface area contributed by atoms with E-state index in [1.54, 1.807) is 30.4 Å². The number of aliphatic carboxylic acids is 1. The molecule has 0 spiro atoms. The Kier molecular flexibility index (Phi) is 8.90. The molecule has 2 atom stereocenters. The lowest BCUT2D eigenvalue weighted by Gasteiger charge is -2.35. The first-order chi connectivity index (χ1) is 17.5. The highest BCUT2D eigenvalue weighted by Gasteiger charge is 2.44. The van der Waals surface area contributed by atoms with Crippen molar-refractivity contribution in [3.05, 3.63) is 71.0 Å². The van der Waals surface area contributed by atoms with E-state index >= 15 is 0 Å². The molecule has 0 radical (unpaired) electrons. The maximum atomic E-state index is 12.7. The number of benzene rings is 1. The predicted octanol–water partition coefficient (Wildman–Crippen LogP) is 3.39. The summed E-state index contributed by atoms with van der Waals surface area (Å²) < 4.78 is 31.7. The van der Waals surface area contributed by atoms with Crippen LogP contribution in [0.25, 0.3) is 12.2 Å². The maximum absolute atomic E-state index is 12.7. The molecule has 0 aliphatic carbocycles. The molecule has 9 nitrogen and oxygen atoms in total. The van der Waals surface area contributed by atoms with Gasteiger partial charge in [0.1, 0.15) is 0 Å². The van der Waals surface area contributed by atoms with Crippen LogP contribution in [0.3, 0.4) is 0 Å². The Morgan fingerprint density at radius 2 is 1.59 bits per heavy atom. The van der Waals surface area contributed by atoms with Crippen molar-refractivity contribution in [1.82, 2.24) is 15.4 Å². The molecule has 2 aliphatic heterocycles. The van der Waals surface area contributed by atoms with Crippen LogP contribution in [0.15, 0.2) is 54.6 Å². The molecule has 196 valence electrons. The second-order valence-electron chi connectivity index (χ2n) is 8.10. The van der Waals surface area contributed by atoms with Gasteiger partial charge in [-0.3, -0.25) is 14.8 Å². The number of carboxylic acids is 1. The molecule has 3 N–H and O–H groups in total. The molecule has 4 rings (SSSR count). The fourth-order valence-electron chi connectivity index (χ4n) is 3.99. The number of carbonyl (C=O) groups is 3. The Hall–Kier alpha value is -3.90. The Bertz CT molecular complexity index is 1200. The van der Waals surface area contributed by atoms with Gasteiger partial charge in [0.15, 0.2) is 0 Å². The van der Waals surface area contributed by atoms with Crippen LogP contribution in [0.1, 0.15) is 17.8 Å². The SMILES string of the molecule is O=C(/C=C/c1cccc(/C=C/C(=O)N2C[C@@H]3C[C@H]2CN3c2ccc(Cl)cc2)n1)NO.O=C(O)C(F)(F)F. The molecular formula is C24H22ClF3N4O5. The Morgan fingerprint density at radius 3 is 2.11 bits per heavy atom. The van der Waals surface area contributed by atoms with Gasteiger partial charge in [-0.05, 0) is 55.0 Å². The van der Waals surface area contributed by atoms with E-state index in [2.05, 4.69) is 9.88 Å². The topological polar surface area (TPSA) is 123 Å². The number of amides is 2. The number of carboxylic acid groups (broad SMARTS) is 1. The second kappa shape index (κ2) is 11.9. The normalized spacial score (nSPS) is 18.7. The van der Waals surface area contributed by atoms with Crippen LogP contribution in [-0.4, -0.2) is 69.3 Å². The fraction of sp³-hybridized carbons (Fsp3) is 0.250. The highest BCUT2D eigenvalue weighted by atomic mass is 35.5. The van der Waals surface area contributed by atoms with Crippen molar-refractivity contribution in [2.45, 2.75) is 24.7 Å². The van der Waals surface area contributed by atoms with Gasteiger partial charge < -0.3 is 14.9 Å². The summed E-state index contributed by atoms with van der Waals surface area (Å²) in [6.45, 7) is 1.51. The minimum absolute atomic E-state index is 0.0272. The quantitative estimate of drug-likeness (QED) is 0.303. The fourth-order valence-corrected chi connectivity index (χ4v) is 4.12. The molecule has 2 fully saturated rings. The number of carbonyl (C=O) groups excluding carboxylic acids is 2. The van der Waals surface area contributed by atoms with Crippen molar-refractivity contribution in [3.63, 3.8) is 0 Å². The average molecular weight is 539 g/mol. The van der Waals surface area contributed by atoms with Crippen molar-refractivity contribution >= 4 is 47.2 Å². The number of pyridine rings is 1. The van der Waals surface area contributed by atoms with E-state index in [-0.39, 0.29) is 11.9 Å². The first-order valence-electron chi connectivity index (χ1n) is 10.9. The van der Waals surface area contributed by atoms with Gasteiger partial charge in [0.05, 0.1) is 17.4 Å². The van der Waals surface area contributed by atoms with Crippen LogP contribution < -0.4 is 10.4 Å². The lowest BCUT2D eigenvalue weighted by atomic mass is 10.2. The van der Waals surface area contributed by atoms with Crippen LogP contribution in [0, 0.1) is 0 Å². The summed E-state index contributed by atoms with van der Waals surface area (Å²) in [4.78, 5) is 41.3. The Morgan fingerprint density at radius 1 is 1.00 bits per heavy atom. The van der Waals surface area contributed by atoms with Crippen molar-refractivity contribution in [1.29, 1.82) is 0 Å². The molecule has 2 bridgehead atoms. The minimum atomic E-state index is -5.08. The second-order valence-corrected chi connectivity index (χ2v) is 8.53. The van der Waals surface area contributed by atoms with E-state index in [0.29, 0.717) is 24.0 Å². The molecule has 0 saturated carbocycles. The van der Waals surface area contributed by atoms with Gasteiger partial charge in [0, 0.05) is 42.0 Å². The van der Waals surface area contributed by atoms with E-state index in [4.69, 9.17) is 26.7 Å². The number of hydroxylamine groups is 1. The molecule has 37 heavy (non-hydrogen) atoms. The number of alkyl halides is 3. The Labute approximate surface area is 214 Å². The number of aromatic nitrogens is 1. The molecule has 2 amide bonds. The predicted molar refractivity (Wildman–Crippen MR) is 129 cm³/mol. The number of halogens is 4. The van der Waals surface area contributed by atoms with E-state index in [9.17, 15) is 22.8 Å². The average Bonchev–Trinajstić information content (AvgIpc) is 3.48. The first kappa shape index (κ1) is 27.7. The van der Waals surface area contributed by atoms with Gasteiger partial charge in [0.2, 0.25) is 5.91 Å². The van der Waals surface area contributed by atoms with Crippen LogP contribution in [0.4, 0.5) is 18.9 Å². The van der Waals surface area contributed by atoms with Crippen molar-refractivity contribution in [2.24, 2.45) is 0 Å². The zero-order valence-corrected chi connectivity index (χ0v) is 19.9. The van der Waals surface area contributed by atoms with E-state index in [0.717, 1.165) is 23.7 Å². The number of nitrogens with one attached hydrogen (secondary N) is 1. The molecule has 2 aromatic rings. The maximum Gasteiger partial charge on any atom is 0.490 e. The molecule has 0 unspecified atom stereocenters. The largest absolute Gasteiger partial charge is 0.490 e. The summed E-state index contributed by atoms with van der Waals surface area (Å²) in [6, 6.07) is 13.6. The van der Waals surface area contributed by atoms with Crippen molar-refractivity contribution < 1.29 is 37.9 Å². The van der Waals surface area contributed by atoms with Crippen LogP contribution >= 0.6 is 11.6 Å². The summed E-state index contributed by atoms with van der Waals surface area (Å²) >= 11 is 5.98.